The smallest absolute Gasteiger partial charge is 0.253 e. The van der Waals surface area contributed by atoms with E-state index >= 15 is 0 Å². The number of likely N-dealkylation sites (N-methyl/N-ethyl adjacent to an activating group) is 1. The summed E-state index contributed by atoms with van der Waals surface area (Å²) in [4.78, 5) is 27.1. The van der Waals surface area contributed by atoms with Crippen LogP contribution in [0.5, 0.6) is 0 Å². The lowest BCUT2D eigenvalue weighted by Crippen LogP contribution is -2.29. The van der Waals surface area contributed by atoms with Gasteiger partial charge >= 0.3 is 0 Å². The summed E-state index contributed by atoms with van der Waals surface area (Å²) in [6.45, 7) is 3.93. The molecule has 0 radical (unpaired) electrons. The normalized spacial score (nSPS) is 11.5. The van der Waals surface area contributed by atoms with Crippen molar-refractivity contribution in [2.24, 2.45) is 5.73 Å². The third kappa shape index (κ3) is 4.87. The zero-order valence-corrected chi connectivity index (χ0v) is 19.3. The maximum Gasteiger partial charge on any atom is 0.253 e. The van der Waals surface area contributed by atoms with E-state index in [9.17, 15) is 13.2 Å². The van der Waals surface area contributed by atoms with Gasteiger partial charge in [0.1, 0.15) is 5.82 Å². The molecule has 4 aromatic rings. The molecule has 0 unspecified atom stereocenters. The third-order valence-electron chi connectivity index (χ3n) is 5.23. The summed E-state index contributed by atoms with van der Waals surface area (Å²) in [5.74, 6) is 0.342. The van der Waals surface area contributed by atoms with E-state index in [1.165, 1.54) is 30.7 Å². The van der Waals surface area contributed by atoms with Crippen molar-refractivity contribution in [3.05, 3.63) is 66.4 Å². The lowest BCUT2D eigenvalue weighted by Gasteiger charge is -2.21. The number of rotatable bonds is 9. The van der Waals surface area contributed by atoms with Gasteiger partial charge in [0.15, 0.2) is 5.65 Å². The number of amides is 1. The van der Waals surface area contributed by atoms with Crippen LogP contribution < -0.4 is 16.0 Å². The molecule has 0 atom stereocenters. The largest absolute Gasteiger partial charge is 0.356 e. The van der Waals surface area contributed by atoms with Gasteiger partial charge in [-0.1, -0.05) is 0 Å². The molecule has 0 fully saturated rings. The predicted octanol–water partition coefficient (Wildman–Crippen LogP) is 1.30. The quantitative estimate of drug-likeness (QED) is 0.321. The van der Waals surface area contributed by atoms with Crippen LogP contribution in [0.25, 0.3) is 11.0 Å². The third-order valence-corrected chi connectivity index (χ3v) is 6.95. The van der Waals surface area contributed by atoms with E-state index in [1.54, 1.807) is 24.4 Å². The monoisotopic (exact) mass is 480 g/mol. The number of nitrogens with zero attached hydrogens (tertiary/aromatic N) is 5. The molecule has 0 aliphatic rings. The van der Waals surface area contributed by atoms with Crippen LogP contribution in [0.4, 0.5) is 5.82 Å². The second-order valence-electron chi connectivity index (χ2n) is 7.42. The van der Waals surface area contributed by atoms with Crippen molar-refractivity contribution in [3.63, 3.8) is 0 Å². The Labute approximate surface area is 196 Å². The van der Waals surface area contributed by atoms with E-state index < -0.39 is 9.84 Å². The number of aromatic amines is 1. The lowest BCUT2D eigenvalue weighted by molar-refractivity contribution is 0.0950. The molecule has 0 saturated heterocycles. The minimum Gasteiger partial charge on any atom is -0.356 e. The number of carbonyl (C=O) groups excluding carboxylic acids is 1. The highest BCUT2D eigenvalue weighted by Crippen LogP contribution is 2.21. The number of fused-ring (bicyclic) bond motifs is 1. The zero-order chi connectivity index (χ0) is 24.1. The number of pyridine rings is 3. The number of hydrogen-bond acceptors (Lipinski definition) is 9. The van der Waals surface area contributed by atoms with Crippen molar-refractivity contribution in [1.29, 1.82) is 0 Å². The molecule has 176 valence electrons. The van der Waals surface area contributed by atoms with E-state index in [0.717, 1.165) is 5.39 Å². The minimum absolute atomic E-state index is 0.0426. The molecular formula is C22H24N8O3S. The summed E-state index contributed by atoms with van der Waals surface area (Å²) >= 11 is 0. The maximum atomic E-state index is 13.0. The van der Waals surface area contributed by atoms with Gasteiger partial charge in [-0.3, -0.25) is 14.9 Å². The number of nitrogens with one attached hydrogen (secondary N) is 2. The lowest BCUT2D eigenvalue weighted by atomic mass is 10.2. The maximum absolute atomic E-state index is 13.0. The first-order chi connectivity index (χ1) is 16.4. The molecule has 0 aliphatic heterocycles. The number of anilines is 1. The standard InChI is InChI=1S/C22H24N8O3S/c1-2-30(8-7-23)20-6-5-19(14-25-20)34(32,33)18-4-3-17(24-13-18)12-27-22(31)16-9-15-11-28-29-21(15)26-10-16/h3-6,9-11,13-14H,2,7-8,12,23H2,1H3,(H,27,31)(H,26,28,29). The summed E-state index contributed by atoms with van der Waals surface area (Å²) < 4.78 is 25.9. The molecule has 0 aliphatic carbocycles. The first-order valence-electron chi connectivity index (χ1n) is 10.6. The Hall–Kier alpha value is -3.90. The second kappa shape index (κ2) is 9.93. The molecular weight excluding hydrogens is 456 g/mol. The van der Waals surface area contributed by atoms with Crippen molar-refractivity contribution in [1.82, 2.24) is 30.5 Å². The Morgan fingerprint density at radius 1 is 1.06 bits per heavy atom. The Bertz CT molecular complexity index is 1390. The number of aromatic nitrogens is 5. The number of sulfone groups is 1. The van der Waals surface area contributed by atoms with Crippen LogP contribution in [0.1, 0.15) is 23.0 Å². The van der Waals surface area contributed by atoms with Gasteiger partial charge in [-0.2, -0.15) is 5.10 Å². The van der Waals surface area contributed by atoms with Gasteiger partial charge in [0.25, 0.3) is 5.91 Å². The van der Waals surface area contributed by atoms with Gasteiger partial charge < -0.3 is 16.0 Å². The zero-order valence-electron chi connectivity index (χ0n) is 18.5. The first kappa shape index (κ1) is 23.3. The van der Waals surface area contributed by atoms with E-state index in [2.05, 4.69) is 30.5 Å². The van der Waals surface area contributed by atoms with Crippen molar-refractivity contribution < 1.29 is 13.2 Å². The Kier molecular flexibility index (Phi) is 6.80. The summed E-state index contributed by atoms with van der Waals surface area (Å²) in [6, 6.07) is 7.89. The van der Waals surface area contributed by atoms with Crippen molar-refractivity contribution >= 4 is 32.6 Å². The molecule has 0 spiro atoms. The fourth-order valence-corrected chi connectivity index (χ4v) is 4.50. The van der Waals surface area contributed by atoms with Crippen molar-refractivity contribution in [2.45, 2.75) is 23.3 Å². The topological polar surface area (TPSA) is 160 Å². The van der Waals surface area contributed by atoms with Crippen LogP contribution in [0, 0.1) is 0 Å². The SMILES string of the molecule is CCN(CCN)c1ccc(S(=O)(=O)c2ccc(CNC(=O)c3cnc4[nH]ncc4c3)nc2)cn1. The highest BCUT2D eigenvalue weighted by atomic mass is 32.2. The van der Waals surface area contributed by atoms with Crippen LogP contribution in [0.15, 0.2) is 64.9 Å². The van der Waals surface area contributed by atoms with Gasteiger partial charge in [0.05, 0.1) is 33.8 Å². The molecule has 4 aromatic heterocycles. The van der Waals surface area contributed by atoms with E-state index in [4.69, 9.17) is 5.73 Å². The van der Waals surface area contributed by atoms with E-state index in [-0.39, 0.29) is 22.2 Å². The molecule has 4 rings (SSSR count). The fourth-order valence-electron chi connectivity index (χ4n) is 3.35. The number of hydrogen-bond donors (Lipinski definition) is 3. The highest BCUT2D eigenvalue weighted by molar-refractivity contribution is 7.91. The second-order valence-corrected chi connectivity index (χ2v) is 9.37. The van der Waals surface area contributed by atoms with Crippen LogP contribution in [0.2, 0.25) is 0 Å². The van der Waals surface area contributed by atoms with Gasteiger partial charge in [-0.25, -0.2) is 18.4 Å². The predicted molar refractivity (Wildman–Crippen MR) is 126 cm³/mol. The Morgan fingerprint density at radius 3 is 2.47 bits per heavy atom. The number of nitrogens with two attached hydrogens (primary N) is 1. The van der Waals surface area contributed by atoms with E-state index in [1.807, 2.05) is 11.8 Å². The van der Waals surface area contributed by atoms with Gasteiger partial charge in [-0.15, -0.1) is 0 Å². The average molecular weight is 481 g/mol. The number of H-pyrrole nitrogens is 1. The van der Waals surface area contributed by atoms with Gasteiger partial charge in [-0.05, 0) is 37.3 Å². The molecule has 0 aromatic carbocycles. The fraction of sp³-hybridized carbons (Fsp3) is 0.227. The molecule has 12 heteroatoms. The molecule has 34 heavy (non-hydrogen) atoms. The summed E-state index contributed by atoms with van der Waals surface area (Å²) in [5, 5.41) is 10.1. The van der Waals surface area contributed by atoms with Crippen LogP contribution in [-0.4, -0.2) is 59.1 Å². The summed E-state index contributed by atoms with van der Waals surface area (Å²) in [6.07, 6.45) is 5.65. The Balaban J connectivity index is 1.42. The molecule has 11 nitrogen and oxygen atoms in total. The summed E-state index contributed by atoms with van der Waals surface area (Å²) in [5.41, 5.74) is 7.11. The Morgan fingerprint density at radius 2 is 1.82 bits per heavy atom. The molecule has 1 amide bonds. The molecule has 4 heterocycles. The van der Waals surface area contributed by atoms with Crippen LogP contribution in [0.3, 0.4) is 0 Å². The molecule has 4 N–H and O–H groups in total. The number of carbonyl (C=O) groups is 1. The van der Waals surface area contributed by atoms with Crippen molar-refractivity contribution in [2.75, 3.05) is 24.5 Å². The van der Waals surface area contributed by atoms with Gasteiger partial charge in [0, 0.05) is 43.6 Å². The van der Waals surface area contributed by atoms with E-state index in [0.29, 0.717) is 42.4 Å². The summed E-state index contributed by atoms with van der Waals surface area (Å²) in [7, 11) is -3.78. The van der Waals surface area contributed by atoms with Gasteiger partial charge in [0.2, 0.25) is 9.84 Å². The van der Waals surface area contributed by atoms with Crippen LogP contribution >= 0.6 is 0 Å². The molecule has 0 bridgehead atoms. The van der Waals surface area contributed by atoms with Crippen molar-refractivity contribution in [3.8, 4) is 0 Å². The average Bonchev–Trinajstić information content (AvgIpc) is 3.34. The minimum atomic E-state index is -3.78. The van der Waals surface area contributed by atoms with Crippen LogP contribution in [-0.2, 0) is 16.4 Å². The molecule has 0 saturated carbocycles. The highest BCUT2D eigenvalue weighted by Gasteiger charge is 2.19. The first-order valence-corrected chi connectivity index (χ1v) is 12.1.